The first-order valence-corrected chi connectivity index (χ1v) is 5.09. The number of carbonyl (C=O) groups excluding carboxylic acids is 3. The average molecular weight is 244 g/mol. The maximum Gasteiger partial charge on any atom is 0.330 e. The zero-order chi connectivity index (χ0) is 13.3. The van der Waals surface area contributed by atoms with Gasteiger partial charge in [0.15, 0.2) is 0 Å². The summed E-state index contributed by atoms with van der Waals surface area (Å²) in [6, 6.07) is 0. The molecule has 0 N–H and O–H groups in total. The average Bonchev–Trinajstić information content (AvgIpc) is 2.33. The maximum absolute atomic E-state index is 11.1. The molecule has 0 rings (SSSR count). The quantitative estimate of drug-likeness (QED) is 0.282. The number of hydrogen-bond acceptors (Lipinski definition) is 6. The van der Waals surface area contributed by atoms with Crippen molar-refractivity contribution in [2.45, 2.75) is 25.9 Å². The smallest absolute Gasteiger partial charge is 0.330 e. The molecule has 0 heterocycles. The van der Waals surface area contributed by atoms with Crippen LogP contribution in [0.3, 0.4) is 0 Å². The van der Waals surface area contributed by atoms with Crippen molar-refractivity contribution in [3.8, 4) is 0 Å². The van der Waals surface area contributed by atoms with Crippen LogP contribution in [-0.2, 0) is 28.6 Å². The highest BCUT2D eigenvalue weighted by Crippen LogP contribution is 2.01. The summed E-state index contributed by atoms with van der Waals surface area (Å²) in [5, 5.41) is 0. The van der Waals surface area contributed by atoms with Gasteiger partial charge in [0.2, 0.25) is 0 Å². The summed E-state index contributed by atoms with van der Waals surface area (Å²) in [6.45, 7) is 4.93. The molecule has 1 unspecified atom stereocenters. The Hall–Kier alpha value is -1.85. The number of esters is 3. The summed E-state index contributed by atoms with van der Waals surface area (Å²) in [4.78, 5) is 32.7. The molecule has 0 radical (unpaired) electrons. The van der Waals surface area contributed by atoms with E-state index in [0.29, 0.717) is 6.42 Å². The minimum atomic E-state index is -0.718. The van der Waals surface area contributed by atoms with Crippen LogP contribution in [0.1, 0.15) is 19.8 Å². The molecule has 0 aliphatic heterocycles. The SMILES string of the molecule is C=CC(=O)OC(CC)COC(=O)CC(=O)OC. The largest absolute Gasteiger partial charge is 0.469 e. The fourth-order valence-corrected chi connectivity index (χ4v) is 0.875. The van der Waals surface area contributed by atoms with Crippen LogP contribution in [0.15, 0.2) is 12.7 Å². The van der Waals surface area contributed by atoms with Gasteiger partial charge >= 0.3 is 17.9 Å². The molecule has 0 aromatic rings. The predicted octanol–water partition coefficient (Wildman–Crippen LogP) is 0.601. The van der Waals surface area contributed by atoms with Crippen LogP contribution in [-0.4, -0.2) is 37.7 Å². The zero-order valence-electron chi connectivity index (χ0n) is 9.93. The monoisotopic (exact) mass is 244 g/mol. The minimum Gasteiger partial charge on any atom is -0.469 e. The van der Waals surface area contributed by atoms with Gasteiger partial charge in [0, 0.05) is 6.08 Å². The Kier molecular flexibility index (Phi) is 7.41. The van der Waals surface area contributed by atoms with Crippen molar-refractivity contribution in [1.29, 1.82) is 0 Å². The third kappa shape index (κ3) is 7.10. The van der Waals surface area contributed by atoms with Gasteiger partial charge in [-0.25, -0.2) is 4.79 Å². The number of hydrogen-bond donors (Lipinski definition) is 0. The predicted molar refractivity (Wildman–Crippen MR) is 58.0 cm³/mol. The lowest BCUT2D eigenvalue weighted by molar-refractivity contribution is -0.160. The van der Waals surface area contributed by atoms with Gasteiger partial charge in [-0.2, -0.15) is 0 Å². The molecule has 96 valence electrons. The topological polar surface area (TPSA) is 78.9 Å². The second kappa shape index (κ2) is 8.32. The molecule has 0 aromatic carbocycles. The van der Waals surface area contributed by atoms with Crippen LogP contribution in [0.5, 0.6) is 0 Å². The van der Waals surface area contributed by atoms with Gasteiger partial charge in [-0.3, -0.25) is 9.59 Å². The first-order valence-electron chi connectivity index (χ1n) is 5.09. The summed E-state index contributed by atoms with van der Waals surface area (Å²) in [5.41, 5.74) is 0. The summed E-state index contributed by atoms with van der Waals surface area (Å²) < 4.78 is 13.9. The van der Waals surface area contributed by atoms with Crippen molar-refractivity contribution in [1.82, 2.24) is 0 Å². The molecule has 6 heteroatoms. The Morgan fingerprint density at radius 2 is 1.94 bits per heavy atom. The number of rotatable bonds is 7. The fraction of sp³-hybridized carbons (Fsp3) is 0.545. The van der Waals surface area contributed by atoms with E-state index in [2.05, 4.69) is 11.3 Å². The van der Waals surface area contributed by atoms with Gasteiger partial charge in [-0.1, -0.05) is 13.5 Å². The lowest BCUT2D eigenvalue weighted by Gasteiger charge is -2.14. The Labute approximate surface area is 99.5 Å². The molecule has 0 aliphatic carbocycles. The fourth-order valence-electron chi connectivity index (χ4n) is 0.875. The molecular weight excluding hydrogens is 228 g/mol. The molecule has 0 saturated heterocycles. The Morgan fingerprint density at radius 1 is 1.29 bits per heavy atom. The lowest BCUT2D eigenvalue weighted by Crippen LogP contribution is -2.24. The Bertz CT molecular complexity index is 296. The van der Waals surface area contributed by atoms with Crippen molar-refractivity contribution < 1.29 is 28.6 Å². The van der Waals surface area contributed by atoms with E-state index in [1.807, 2.05) is 0 Å². The van der Waals surface area contributed by atoms with Crippen molar-refractivity contribution in [2.75, 3.05) is 13.7 Å². The molecule has 0 bridgehead atoms. The highest BCUT2D eigenvalue weighted by atomic mass is 16.6. The van der Waals surface area contributed by atoms with Crippen LogP contribution in [0.2, 0.25) is 0 Å². The molecule has 0 aliphatic rings. The third-order valence-electron chi connectivity index (χ3n) is 1.85. The highest BCUT2D eigenvalue weighted by Gasteiger charge is 2.15. The van der Waals surface area contributed by atoms with Crippen LogP contribution >= 0.6 is 0 Å². The maximum atomic E-state index is 11.1. The van der Waals surface area contributed by atoms with Gasteiger partial charge < -0.3 is 14.2 Å². The van der Waals surface area contributed by atoms with Crippen molar-refractivity contribution >= 4 is 17.9 Å². The van der Waals surface area contributed by atoms with Gasteiger partial charge in [0.1, 0.15) is 19.1 Å². The Balaban J connectivity index is 3.97. The van der Waals surface area contributed by atoms with Crippen molar-refractivity contribution in [3.63, 3.8) is 0 Å². The van der Waals surface area contributed by atoms with Crippen LogP contribution in [0, 0.1) is 0 Å². The highest BCUT2D eigenvalue weighted by molar-refractivity contribution is 5.91. The molecule has 0 fully saturated rings. The molecule has 0 aromatic heterocycles. The van der Waals surface area contributed by atoms with Gasteiger partial charge in [0.25, 0.3) is 0 Å². The summed E-state index contributed by atoms with van der Waals surface area (Å²) in [6.07, 6.45) is 0.522. The minimum absolute atomic E-state index is 0.0914. The first-order chi connectivity index (χ1) is 8.03. The van der Waals surface area contributed by atoms with Crippen LogP contribution in [0.25, 0.3) is 0 Å². The van der Waals surface area contributed by atoms with E-state index in [-0.39, 0.29) is 6.61 Å². The number of carbonyl (C=O) groups is 3. The van der Waals surface area contributed by atoms with Gasteiger partial charge in [-0.05, 0) is 6.42 Å². The molecular formula is C11H16O6. The second-order valence-electron chi connectivity index (χ2n) is 3.11. The molecule has 1 atom stereocenters. The van der Waals surface area contributed by atoms with E-state index in [9.17, 15) is 14.4 Å². The normalized spacial score (nSPS) is 11.2. The van der Waals surface area contributed by atoms with E-state index in [1.165, 1.54) is 7.11 Å². The van der Waals surface area contributed by atoms with Gasteiger partial charge in [0.05, 0.1) is 7.11 Å². The molecule has 0 amide bonds. The van der Waals surface area contributed by atoms with Crippen molar-refractivity contribution in [2.24, 2.45) is 0 Å². The molecule has 0 spiro atoms. The lowest BCUT2D eigenvalue weighted by atomic mass is 10.3. The van der Waals surface area contributed by atoms with E-state index in [0.717, 1.165) is 6.08 Å². The molecule has 6 nitrogen and oxygen atoms in total. The summed E-state index contributed by atoms with van der Waals surface area (Å²) in [5.74, 6) is -1.98. The Morgan fingerprint density at radius 3 is 2.41 bits per heavy atom. The van der Waals surface area contributed by atoms with E-state index >= 15 is 0 Å². The summed E-state index contributed by atoms with van der Waals surface area (Å²) >= 11 is 0. The van der Waals surface area contributed by atoms with Crippen LogP contribution < -0.4 is 0 Å². The standard InChI is InChI=1S/C11H16O6/c1-4-8(17-9(12)5-2)7-16-11(14)6-10(13)15-3/h5,8H,2,4,6-7H2,1,3H3. The van der Waals surface area contributed by atoms with E-state index in [4.69, 9.17) is 9.47 Å². The van der Waals surface area contributed by atoms with E-state index in [1.54, 1.807) is 6.92 Å². The van der Waals surface area contributed by atoms with Crippen LogP contribution in [0.4, 0.5) is 0 Å². The van der Waals surface area contributed by atoms with E-state index < -0.39 is 30.4 Å². The zero-order valence-corrected chi connectivity index (χ0v) is 9.93. The second-order valence-corrected chi connectivity index (χ2v) is 3.11. The first kappa shape index (κ1) is 15.2. The molecule has 17 heavy (non-hydrogen) atoms. The summed E-state index contributed by atoms with van der Waals surface area (Å²) in [7, 11) is 1.18. The number of methoxy groups -OCH3 is 1. The third-order valence-corrected chi connectivity index (χ3v) is 1.85. The molecule has 0 saturated carbocycles. The van der Waals surface area contributed by atoms with Crippen molar-refractivity contribution in [3.05, 3.63) is 12.7 Å². The van der Waals surface area contributed by atoms with Gasteiger partial charge in [-0.15, -0.1) is 0 Å². The number of ether oxygens (including phenoxy) is 3.